The van der Waals surface area contributed by atoms with Gasteiger partial charge in [0.25, 0.3) is 0 Å². The molecule has 0 aliphatic rings. The van der Waals surface area contributed by atoms with Gasteiger partial charge in [-0.2, -0.15) is 0 Å². The summed E-state index contributed by atoms with van der Waals surface area (Å²) in [5, 5.41) is 17.7. The van der Waals surface area contributed by atoms with Gasteiger partial charge in [0, 0.05) is 17.1 Å². The number of guanidine groups is 1. The SMILES string of the molecule is CCNC(=NCc1ccc(Cl)cc1OC)NCC(C)(O)c1ccccc1.I. The number of aliphatic imine (C=N–C) groups is 1. The van der Waals surface area contributed by atoms with Gasteiger partial charge in [0.15, 0.2) is 5.96 Å². The molecule has 3 N–H and O–H groups in total. The normalized spacial score (nSPS) is 13.3. The predicted molar refractivity (Wildman–Crippen MR) is 122 cm³/mol. The minimum absolute atomic E-state index is 0. The first-order valence-corrected chi connectivity index (χ1v) is 8.96. The Kier molecular flexibility index (Phi) is 9.90. The first-order chi connectivity index (χ1) is 12.5. The lowest BCUT2D eigenvalue weighted by atomic mass is 9.96. The second kappa shape index (κ2) is 11.4. The largest absolute Gasteiger partial charge is 0.496 e. The standard InChI is InChI=1S/C20H26ClN3O2.HI/c1-4-22-19(23-13-15-10-11-17(21)12-18(15)26-3)24-14-20(2,25)16-8-6-5-7-9-16;/h5-12,25H,4,13-14H2,1-3H3,(H2,22,23,24);1H. The fourth-order valence-corrected chi connectivity index (χ4v) is 2.67. The van der Waals surface area contributed by atoms with Crippen molar-refractivity contribution in [2.24, 2.45) is 4.99 Å². The van der Waals surface area contributed by atoms with Crippen molar-refractivity contribution in [3.05, 3.63) is 64.7 Å². The Morgan fingerprint density at radius 1 is 1.19 bits per heavy atom. The number of aliphatic hydroxyl groups is 1. The second-order valence-electron chi connectivity index (χ2n) is 6.14. The molecule has 0 amide bonds. The van der Waals surface area contributed by atoms with E-state index in [1.54, 1.807) is 20.1 Å². The van der Waals surface area contributed by atoms with E-state index in [-0.39, 0.29) is 24.0 Å². The molecule has 0 aliphatic carbocycles. The molecule has 27 heavy (non-hydrogen) atoms. The Bertz CT molecular complexity index is 739. The molecule has 0 bridgehead atoms. The summed E-state index contributed by atoms with van der Waals surface area (Å²) in [5.41, 5.74) is 0.779. The molecule has 0 spiro atoms. The predicted octanol–water partition coefficient (Wildman–Crippen LogP) is 3.93. The van der Waals surface area contributed by atoms with Crippen molar-refractivity contribution in [3.63, 3.8) is 0 Å². The molecule has 2 aromatic rings. The molecule has 7 heteroatoms. The van der Waals surface area contributed by atoms with Gasteiger partial charge in [-0.25, -0.2) is 4.99 Å². The van der Waals surface area contributed by atoms with E-state index in [0.717, 1.165) is 17.7 Å². The summed E-state index contributed by atoms with van der Waals surface area (Å²) in [5.74, 6) is 1.33. The number of hydrogen-bond donors (Lipinski definition) is 3. The van der Waals surface area contributed by atoms with Crippen LogP contribution >= 0.6 is 35.6 Å². The zero-order valence-electron chi connectivity index (χ0n) is 15.8. The highest BCUT2D eigenvalue weighted by Crippen LogP contribution is 2.23. The summed E-state index contributed by atoms with van der Waals surface area (Å²) in [6.45, 7) is 5.26. The maximum absolute atomic E-state index is 10.7. The molecule has 1 unspecified atom stereocenters. The smallest absolute Gasteiger partial charge is 0.191 e. The number of rotatable bonds is 7. The topological polar surface area (TPSA) is 65.9 Å². The number of methoxy groups -OCH3 is 1. The molecule has 0 saturated heterocycles. The van der Waals surface area contributed by atoms with Crippen molar-refractivity contribution in [1.29, 1.82) is 0 Å². The Morgan fingerprint density at radius 3 is 2.52 bits per heavy atom. The average molecular weight is 504 g/mol. The van der Waals surface area contributed by atoms with Gasteiger partial charge in [-0.15, -0.1) is 24.0 Å². The van der Waals surface area contributed by atoms with Crippen LogP contribution in [0.1, 0.15) is 25.0 Å². The molecule has 0 radical (unpaired) electrons. The fraction of sp³-hybridized carbons (Fsp3) is 0.350. The lowest BCUT2D eigenvalue weighted by Gasteiger charge is -2.25. The van der Waals surface area contributed by atoms with E-state index in [2.05, 4.69) is 15.6 Å². The molecule has 2 aromatic carbocycles. The molecule has 0 aliphatic heterocycles. The van der Waals surface area contributed by atoms with Crippen LogP contribution in [0.4, 0.5) is 0 Å². The van der Waals surface area contributed by atoms with E-state index in [1.807, 2.05) is 49.4 Å². The average Bonchev–Trinajstić information content (AvgIpc) is 2.65. The van der Waals surface area contributed by atoms with Crippen molar-refractivity contribution in [3.8, 4) is 5.75 Å². The Morgan fingerprint density at radius 2 is 1.89 bits per heavy atom. The van der Waals surface area contributed by atoms with Crippen molar-refractivity contribution in [2.75, 3.05) is 20.2 Å². The van der Waals surface area contributed by atoms with Crippen LogP contribution in [0, 0.1) is 0 Å². The molecule has 0 aromatic heterocycles. The van der Waals surface area contributed by atoms with Gasteiger partial charge in [-0.3, -0.25) is 0 Å². The second-order valence-corrected chi connectivity index (χ2v) is 6.58. The maximum Gasteiger partial charge on any atom is 0.191 e. The van der Waals surface area contributed by atoms with Gasteiger partial charge in [-0.05, 0) is 31.5 Å². The number of nitrogens with zero attached hydrogens (tertiary/aromatic N) is 1. The highest BCUT2D eigenvalue weighted by Gasteiger charge is 2.22. The zero-order chi connectivity index (χ0) is 19.0. The first kappa shape index (κ1) is 23.5. The van der Waals surface area contributed by atoms with Crippen molar-refractivity contribution in [2.45, 2.75) is 26.0 Å². The van der Waals surface area contributed by atoms with Gasteiger partial charge in [-0.1, -0.05) is 48.0 Å². The van der Waals surface area contributed by atoms with E-state index in [0.29, 0.717) is 29.8 Å². The van der Waals surface area contributed by atoms with Gasteiger partial charge in [0.1, 0.15) is 11.4 Å². The third kappa shape index (κ3) is 7.20. The Hall–Kier alpha value is -1.51. The molecule has 0 saturated carbocycles. The van der Waals surface area contributed by atoms with Crippen molar-refractivity contribution < 1.29 is 9.84 Å². The number of hydrogen-bond acceptors (Lipinski definition) is 3. The lowest BCUT2D eigenvalue weighted by Crippen LogP contribution is -2.44. The maximum atomic E-state index is 10.7. The Balaban J connectivity index is 0.00000364. The van der Waals surface area contributed by atoms with Gasteiger partial charge in [0.2, 0.25) is 0 Å². The van der Waals surface area contributed by atoms with Gasteiger partial charge >= 0.3 is 0 Å². The van der Waals surface area contributed by atoms with E-state index < -0.39 is 5.60 Å². The third-order valence-corrected chi connectivity index (χ3v) is 4.23. The number of benzene rings is 2. The summed E-state index contributed by atoms with van der Waals surface area (Å²) in [6.07, 6.45) is 0. The van der Waals surface area contributed by atoms with Crippen LogP contribution in [0.3, 0.4) is 0 Å². The van der Waals surface area contributed by atoms with Crippen LogP contribution < -0.4 is 15.4 Å². The van der Waals surface area contributed by atoms with E-state index >= 15 is 0 Å². The van der Waals surface area contributed by atoms with Crippen LogP contribution in [0.15, 0.2) is 53.5 Å². The summed E-state index contributed by atoms with van der Waals surface area (Å²) in [4.78, 5) is 4.58. The van der Waals surface area contributed by atoms with E-state index in [9.17, 15) is 5.11 Å². The third-order valence-electron chi connectivity index (χ3n) is 4.00. The monoisotopic (exact) mass is 503 g/mol. The highest BCUT2D eigenvalue weighted by molar-refractivity contribution is 14.0. The minimum Gasteiger partial charge on any atom is -0.496 e. The molecule has 148 valence electrons. The minimum atomic E-state index is -1.00. The quantitative estimate of drug-likeness (QED) is 0.304. The number of halogens is 2. The number of nitrogens with one attached hydrogen (secondary N) is 2. The Labute approximate surface area is 183 Å². The molecular formula is C20H27ClIN3O2. The summed E-state index contributed by atoms with van der Waals surface area (Å²) in [6, 6.07) is 15.1. The van der Waals surface area contributed by atoms with Crippen molar-refractivity contribution >= 4 is 41.5 Å². The zero-order valence-corrected chi connectivity index (χ0v) is 18.9. The van der Waals surface area contributed by atoms with Crippen LogP contribution in [0.5, 0.6) is 5.75 Å². The molecule has 2 rings (SSSR count). The molecule has 0 fully saturated rings. The van der Waals surface area contributed by atoms with Crippen LogP contribution in [-0.2, 0) is 12.1 Å². The van der Waals surface area contributed by atoms with Gasteiger partial charge < -0.3 is 20.5 Å². The number of ether oxygens (including phenoxy) is 1. The molecule has 1 atom stereocenters. The lowest BCUT2D eigenvalue weighted by molar-refractivity contribution is 0.0617. The van der Waals surface area contributed by atoms with E-state index in [4.69, 9.17) is 16.3 Å². The van der Waals surface area contributed by atoms with Crippen molar-refractivity contribution in [1.82, 2.24) is 10.6 Å². The first-order valence-electron chi connectivity index (χ1n) is 8.58. The van der Waals surface area contributed by atoms with E-state index in [1.165, 1.54) is 0 Å². The van der Waals surface area contributed by atoms with Crippen LogP contribution in [0.2, 0.25) is 5.02 Å². The van der Waals surface area contributed by atoms with Crippen LogP contribution in [0.25, 0.3) is 0 Å². The van der Waals surface area contributed by atoms with Crippen LogP contribution in [-0.4, -0.2) is 31.3 Å². The fourth-order valence-electron chi connectivity index (χ4n) is 2.51. The summed E-state index contributed by atoms with van der Waals surface area (Å²) < 4.78 is 5.36. The summed E-state index contributed by atoms with van der Waals surface area (Å²) in [7, 11) is 1.61. The summed E-state index contributed by atoms with van der Waals surface area (Å²) >= 11 is 6.00. The highest BCUT2D eigenvalue weighted by atomic mass is 127. The van der Waals surface area contributed by atoms with Gasteiger partial charge in [0.05, 0.1) is 20.2 Å². The molecule has 0 heterocycles. The molecule has 5 nitrogen and oxygen atoms in total. The molecular weight excluding hydrogens is 477 g/mol.